The SMILES string of the molecule is CCC(O)c1cn(-c2ccc(C(F)(F)F)cn2)nc1C. The van der Waals surface area contributed by atoms with Gasteiger partial charge in [0.15, 0.2) is 5.82 Å². The van der Waals surface area contributed by atoms with Gasteiger partial charge >= 0.3 is 6.18 Å². The lowest BCUT2D eigenvalue weighted by Gasteiger charge is -2.06. The van der Waals surface area contributed by atoms with E-state index >= 15 is 0 Å². The Hall–Kier alpha value is -1.89. The molecule has 0 aliphatic heterocycles. The van der Waals surface area contributed by atoms with Crippen molar-refractivity contribution in [3.8, 4) is 5.82 Å². The molecule has 0 aliphatic carbocycles. The summed E-state index contributed by atoms with van der Waals surface area (Å²) in [7, 11) is 0. The Bertz CT molecular complexity index is 590. The molecule has 2 aromatic heterocycles. The number of aliphatic hydroxyl groups is 1. The minimum Gasteiger partial charge on any atom is -0.388 e. The molecule has 0 saturated heterocycles. The molecule has 1 N–H and O–H groups in total. The lowest BCUT2D eigenvalue weighted by Crippen LogP contribution is -2.07. The average molecular weight is 285 g/mol. The second kappa shape index (κ2) is 5.24. The topological polar surface area (TPSA) is 50.9 Å². The molecular weight excluding hydrogens is 271 g/mol. The number of aryl methyl sites for hydroxylation is 1. The van der Waals surface area contributed by atoms with Crippen LogP contribution in [-0.4, -0.2) is 19.9 Å². The van der Waals surface area contributed by atoms with Crippen LogP contribution in [0.4, 0.5) is 13.2 Å². The van der Waals surface area contributed by atoms with Crippen LogP contribution in [0.5, 0.6) is 0 Å². The van der Waals surface area contributed by atoms with Gasteiger partial charge in [-0.1, -0.05) is 6.92 Å². The lowest BCUT2D eigenvalue weighted by atomic mass is 10.1. The smallest absolute Gasteiger partial charge is 0.388 e. The average Bonchev–Trinajstić information content (AvgIpc) is 2.79. The van der Waals surface area contributed by atoms with Crippen molar-refractivity contribution in [2.24, 2.45) is 0 Å². The molecule has 2 aromatic rings. The summed E-state index contributed by atoms with van der Waals surface area (Å²) in [5, 5.41) is 14.0. The van der Waals surface area contributed by atoms with E-state index in [1.807, 2.05) is 6.92 Å². The summed E-state index contributed by atoms with van der Waals surface area (Å²) in [4.78, 5) is 3.75. The monoisotopic (exact) mass is 285 g/mol. The molecule has 0 radical (unpaired) electrons. The molecule has 1 atom stereocenters. The Labute approximate surface area is 113 Å². The zero-order chi connectivity index (χ0) is 14.9. The zero-order valence-electron chi connectivity index (χ0n) is 11.0. The lowest BCUT2D eigenvalue weighted by molar-refractivity contribution is -0.137. The minimum atomic E-state index is -4.41. The molecule has 2 heterocycles. The highest BCUT2D eigenvalue weighted by atomic mass is 19.4. The van der Waals surface area contributed by atoms with Gasteiger partial charge < -0.3 is 5.11 Å². The fourth-order valence-corrected chi connectivity index (χ4v) is 1.83. The van der Waals surface area contributed by atoms with E-state index in [1.54, 1.807) is 13.1 Å². The second-order valence-corrected chi connectivity index (χ2v) is 4.44. The van der Waals surface area contributed by atoms with Crippen molar-refractivity contribution in [1.29, 1.82) is 0 Å². The van der Waals surface area contributed by atoms with E-state index in [4.69, 9.17) is 0 Å². The van der Waals surface area contributed by atoms with E-state index in [0.29, 0.717) is 17.7 Å². The number of halogens is 3. The normalized spacial score (nSPS) is 13.5. The number of hydrogen-bond donors (Lipinski definition) is 1. The Morgan fingerprint density at radius 1 is 1.35 bits per heavy atom. The van der Waals surface area contributed by atoms with Crippen LogP contribution in [0.1, 0.15) is 36.3 Å². The zero-order valence-corrected chi connectivity index (χ0v) is 11.0. The summed E-state index contributed by atoms with van der Waals surface area (Å²) in [5.41, 5.74) is 0.467. The number of nitrogens with zero attached hydrogens (tertiary/aromatic N) is 3. The Kier molecular flexibility index (Phi) is 3.80. The standard InChI is InChI=1S/C13H14F3N3O/c1-3-11(20)10-7-19(18-8(10)2)12-5-4-9(6-17-12)13(14,15)16/h4-7,11,20H,3H2,1-2H3. The molecule has 0 fully saturated rings. The van der Waals surface area contributed by atoms with Crippen LogP contribution in [-0.2, 0) is 6.18 Å². The molecule has 2 rings (SSSR count). The number of alkyl halides is 3. The summed E-state index contributed by atoms with van der Waals surface area (Å²) in [6.07, 6.45) is -2.16. The first kappa shape index (κ1) is 14.5. The van der Waals surface area contributed by atoms with Crippen molar-refractivity contribution < 1.29 is 18.3 Å². The molecular formula is C13H14F3N3O. The van der Waals surface area contributed by atoms with E-state index in [-0.39, 0.29) is 5.82 Å². The Morgan fingerprint density at radius 2 is 2.05 bits per heavy atom. The fourth-order valence-electron chi connectivity index (χ4n) is 1.83. The van der Waals surface area contributed by atoms with Crippen LogP contribution < -0.4 is 0 Å². The fraction of sp³-hybridized carbons (Fsp3) is 0.385. The molecule has 1 unspecified atom stereocenters. The minimum absolute atomic E-state index is 0.274. The van der Waals surface area contributed by atoms with Gasteiger partial charge in [-0.05, 0) is 25.5 Å². The van der Waals surface area contributed by atoms with Gasteiger partial charge in [-0.15, -0.1) is 0 Å². The van der Waals surface area contributed by atoms with Crippen molar-refractivity contribution in [1.82, 2.24) is 14.8 Å². The predicted octanol–water partition coefficient (Wildman–Crippen LogP) is 3.04. The van der Waals surface area contributed by atoms with Gasteiger partial charge in [0, 0.05) is 18.0 Å². The second-order valence-electron chi connectivity index (χ2n) is 4.44. The van der Waals surface area contributed by atoms with Crippen molar-refractivity contribution in [2.75, 3.05) is 0 Å². The molecule has 0 amide bonds. The van der Waals surface area contributed by atoms with Gasteiger partial charge in [0.1, 0.15) is 0 Å². The molecule has 4 nitrogen and oxygen atoms in total. The van der Waals surface area contributed by atoms with Crippen molar-refractivity contribution in [3.05, 3.63) is 41.3 Å². The summed E-state index contributed by atoms with van der Waals surface area (Å²) >= 11 is 0. The molecule has 0 aromatic carbocycles. The van der Waals surface area contributed by atoms with Crippen molar-refractivity contribution in [2.45, 2.75) is 32.5 Å². The van der Waals surface area contributed by atoms with Crippen LogP contribution in [0.2, 0.25) is 0 Å². The van der Waals surface area contributed by atoms with Crippen LogP contribution in [0.25, 0.3) is 5.82 Å². The van der Waals surface area contributed by atoms with Gasteiger partial charge in [0.25, 0.3) is 0 Å². The molecule has 0 spiro atoms. The molecule has 7 heteroatoms. The van der Waals surface area contributed by atoms with E-state index in [2.05, 4.69) is 10.1 Å². The van der Waals surface area contributed by atoms with Gasteiger partial charge in [0.2, 0.25) is 0 Å². The first-order chi connectivity index (χ1) is 9.32. The van der Waals surface area contributed by atoms with Crippen LogP contribution in [0.15, 0.2) is 24.5 Å². The highest BCUT2D eigenvalue weighted by Gasteiger charge is 2.30. The van der Waals surface area contributed by atoms with E-state index in [1.165, 1.54) is 10.7 Å². The van der Waals surface area contributed by atoms with Gasteiger partial charge in [-0.2, -0.15) is 18.3 Å². The quantitative estimate of drug-likeness (QED) is 0.943. The third kappa shape index (κ3) is 2.82. The maximum absolute atomic E-state index is 12.4. The number of aliphatic hydroxyl groups excluding tert-OH is 1. The summed E-state index contributed by atoms with van der Waals surface area (Å²) in [6, 6.07) is 2.20. The Balaban J connectivity index is 2.33. The van der Waals surface area contributed by atoms with Crippen LogP contribution in [0, 0.1) is 6.92 Å². The van der Waals surface area contributed by atoms with Gasteiger partial charge in [-0.3, -0.25) is 0 Å². The number of pyridine rings is 1. The molecule has 0 saturated carbocycles. The van der Waals surface area contributed by atoms with Crippen LogP contribution in [0.3, 0.4) is 0 Å². The molecule has 0 bridgehead atoms. The Morgan fingerprint density at radius 3 is 2.55 bits per heavy atom. The van der Waals surface area contributed by atoms with Crippen molar-refractivity contribution >= 4 is 0 Å². The highest BCUT2D eigenvalue weighted by Crippen LogP contribution is 2.29. The van der Waals surface area contributed by atoms with Crippen molar-refractivity contribution in [3.63, 3.8) is 0 Å². The molecule has 0 aliphatic rings. The highest BCUT2D eigenvalue weighted by molar-refractivity contribution is 5.29. The third-order valence-electron chi connectivity index (χ3n) is 2.99. The van der Waals surface area contributed by atoms with E-state index < -0.39 is 17.8 Å². The first-order valence-electron chi connectivity index (χ1n) is 6.10. The van der Waals surface area contributed by atoms with Gasteiger partial charge in [-0.25, -0.2) is 9.67 Å². The number of hydrogen-bond acceptors (Lipinski definition) is 3. The summed E-state index contributed by atoms with van der Waals surface area (Å²) < 4.78 is 38.7. The maximum atomic E-state index is 12.4. The third-order valence-corrected chi connectivity index (χ3v) is 2.99. The van der Waals surface area contributed by atoms with E-state index in [9.17, 15) is 18.3 Å². The molecule has 20 heavy (non-hydrogen) atoms. The summed E-state index contributed by atoms with van der Waals surface area (Å²) in [6.45, 7) is 3.56. The number of rotatable bonds is 3. The van der Waals surface area contributed by atoms with E-state index in [0.717, 1.165) is 12.3 Å². The van der Waals surface area contributed by atoms with Gasteiger partial charge in [0.05, 0.1) is 17.4 Å². The largest absolute Gasteiger partial charge is 0.417 e. The first-order valence-corrected chi connectivity index (χ1v) is 6.10. The number of aromatic nitrogens is 3. The van der Waals surface area contributed by atoms with Crippen LogP contribution >= 0.6 is 0 Å². The maximum Gasteiger partial charge on any atom is 0.417 e. The summed E-state index contributed by atoms with van der Waals surface area (Å²) in [5.74, 6) is 0.274. The predicted molar refractivity (Wildman–Crippen MR) is 66.3 cm³/mol. The molecule has 108 valence electrons.